The van der Waals surface area contributed by atoms with Crippen LogP contribution in [0.5, 0.6) is 0 Å². The zero-order valence-electron chi connectivity index (χ0n) is 14.7. The third kappa shape index (κ3) is 3.62. The Kier molecular flexibility index (Phi) is 4.90. The fourth-order valence-electron chi connectivity index (χ4n) is 2.82. The molecule has 0 saturated heterocycles. The van der Waals surface area contributed by atoms with Gasteiger partial charge in [0.25, 0.3) is 5.56 Å². The summed E-state index contributed by atoms with van der Waals surface area (Å²) >= 11 is 0. The van der Waals surface area contributed by atoms with Gasteiger partial charge in [-0.1, -0.05) is 11.6 Å². The van der Waals surface area contributed by atoms with Crippen molar-refractivity contribution >= 4 is 16.8 Å². The van der Waals surface area contributed by atoms with Gasteiger partial charge in [-0.3, -0.25) is 14.5 Å². The average molecular weight is 315 g/mol. The van der Waals surface area contributed by atoms with Gasteiger partial charge in [-0.2, -0.15) is 0 Å². The van der Waals surface area contributed by atoms with Crippen molar-refractivity contribution in [1.29, 1.82) is 0 Å². The molecule has 0 aliphatic rings. The Hall–Kier alpha value is -2.14. The zero-order chi connectivity index (χ0) is 17.3. The number of H-pyrrole nitrogens is 1. The van der Waals surface area contributed by atoms with Gasteiger partial charge in [0.2, 0.25) is 5.91 Å². The van der Waals surface area contributed by atoms with Crippen molar-refractivity contribution in [1.82, 2.24) is 14.8 Å². The topological polar surface area (TPSA) is 56.4 Å². The molecule has 0 radical (unpaired) electrons. The smallest absolute Gasteiger partial charge is 0.252 e. The van der Waals surface area contributed by atoms with Gasteiger partial charge >= 0.3 is 0 Å². The second kappa shape index (κ2) is 6.54. The van der Waals surface area contributed by atoms with Crippen LogP contribution in [0.1, 0.15) is 23.6 Å². The molecule has 1 unspecified atom stereocenters. The van der Waals surface area contributed by atoms with E-state index in [2.05, 4.69) is 17.1 Å². The molecule has 0 aliphatic carbocycles. The number of hydrogen-bond acceptors (Lipinski definition) is 3. The third-order valence-corrected chi connectivity index (χ3v) is 4.25. The largest absolute Gasteiger partial charge is 0.347 e. The Morgan fingerprint density at radius 1 is 1.17 bits per heavy atom. The highest BCUT2D eigenvalue weighted by atomic mass is 16.2. The number of aromatic nitrogens is 1. The summed E-state index contributed by atoms with van der Waals surface area (Å²) < 4.78 is 0. The van der Waals surface area contributed by atoms with E-state index in [9.17, 15) is 9.59 Å². The number of nitrogens with zero attached hydrogens (tertiary/aromatic N) is 2. The lowest BCUT2D eigenvalue weighted by Crippen LogP contribution is -2.42. The molecule has 2 rings (SSSR count). The van der Waals surface area contributed by atoms with Crippen LogP contribution in [0.3, 0.4) is 0 Å². The molecule has 0 bridgehead atoms. The molecule has 1 amide bonds. The molecule has 1 aromatic carbocycles. The quantitative estimate of drug-likeness (QED) is 0.939. The van der Waals surface area contributed by atoms with E-state index in [0.717, 1.165) is 22.0 Å². The zero-order valence-corrected chi connectivity index (χ0v) is 14.7. The summed E-state index contributed by atoms with van der Waals surface area (Å²) in [5.74, 6) is 0.0245. The number of pyridine rings is 1. The number of carbonyl (C=O) groups excluding carboxylic acids is 1. The summed E-state index contributed by atoms with van der Waals surface area (Å²) in [7, 11) is 5.33. The lowest BCUT2D eigenvalue weighted by molar-refractivity contribution is -0.133. The number of aryl methyl sites for hydroxylation is 2. The molecule has 0 saturated carbocycles. The van der Waals surface area contributed by atoms with Gasteiger partial charge in [0, 0.05) is 26.2 Å². The fraction of sp³-hybridized carbons (Fsp3) is 0.444. The fourth-order valence-corrected chi connectivity index (χ4v) is 2.82. The van der Waals surface area contributed by atoms with Crippen molar-refractivity contribution in [2.45, 2.75) is 33.4 Å². The van der Waals surface area contributed by atoms with Crippen LogP contribution in [0.25, 0.3) is 10.9 Å². The van der Waals surface area contributed by atoms with Crippen LogP contribution in [0.15, 0.2) is 23.0 Å². The molecule has 5 heteroatoms. The number of nitrogens with one attached hydrogen (secondary N) is 1. The first-order valence-corrected chi connectivity index (χ1v) is 7.75. The summed E-state index contributed by atoms with van der Waals surface area (Å²) in [6.45, 7) is 6.32. The van der Waals surface area contributed by atoms with Crippen molar-refractivity contribution in [2.24, 2.45) is 0 Å². The molecule has 5 nitrogen and oxygen atoms in total. The van der Waals surface area contributed by atoms with Gasteiger partial charge in [0.1, 0.15) is 0 Å². The SMILES string of the molecule is Cc1cc(C)c2[nH]c(=O)c(CN(C)C(C)C(=O)N(C)C)cc2c1. The maximum Gasteiger partial charge on any atom is 0.252 e. The number of fused-ring (bicyclic) bond motifs is 1. The molecule has 0 aliphatic heterocycles. The van der Waals surface area contributed by atoms with E-state index < -0.39 is 0 Å². The Bertz CT molecular complexity index is 793. The van der Waals surface area contributed by atoms with Crippen LogP contribution in [-0.2, 0) is 11.3 Å². The van der Waals surface area contributed by atoms with Gasteiger partial charge in [-0.15, -0.1) is 0 Å². The number of rotatable bonds is 4. The minimum atomic E-state index is -0.278. The first kappa shape index (κ1) is 17.2. The van der Waals surface area contributed by atoms with Crippen LogP contribution in [0.4, 0.5) is 0 Å². The van der Waals surface area contributed by atoms with Crippen LogP contribution >= 0.6 is 0 Å². The maximum absolute atomic E-state index is 12.4. The van der Waals surface area contributed by atoms with E-state index in [0.29, 0.717) is 12.1 Å². The van der Waals surface area contributed by atoms with Crippen LogP contribution in [0, 0.1) is 13.8 Å². The molecular formula is C18H25N3O2. The normalized spacial score (nSPS) is 12.7. The minimum absolute atomic E-state index is 0.0245. The van der Waals surface area contributed by atoms with E-state index in [1.54, 1.807) is 19.0 Å². The highest BCUT2D eigenvalue weighted by Gasteiger charge is 2.20. The second-order valence-electron chi connectivity index (χ2n) is 6.49. The lowest BCUT2D eigenvalue weighted by Gasteiger charge is -2.26. The first-order valence-electron chi connectivity index (χ1n) is 7.75. The highest BCUT2D eigenvalue weighted by molar-refractivity contribution is 5.83. The van der Waals surface area contributed by atoms with E-state index in [-0.39, 0.29) is 17.5 Å². The Balaban J connectivity index is 2.35. The number of amides is 1. The van der Waals surface area contributed by atoms with E-state index in [4.69, 9.17) is 0 Å². The van der Waals surface area contributed by atoms with E-state index >= 15 is 0 Å². The Labute approximate surface area is 136 Å². The minimum Gasteiger partial charge on any atom is -0.347 e. The van der Waals surface area contributed by atoms with Crippen molar-refractivity contribution in [3.63, 3.8) is 0 Å². The standard InChI is InChI=1S/C18H25N3O2/c1-11-7-12(2)16-14(8-11)9-15(17(22)19-16)10-21(6)13(3)18(23)20(4)5/h7-9,13H,10H2,1-6H3,(H,19,22). The molecule has 23 heavy (non-hydrogen) atoms. The maximum atomic E-state index is 12.4. The van der Waals surface area contributed by atoms with E-state index in [1.807, 2.05) is 38.8 Å². The number of hydrogen-bond donors (Lipinski definition) is 1. The van der Waals surface area contributed by atoms with Crippen molar-refractivity contribution in [3.05, 3.63) is 45.2 Å². The van der Waals surface area contributed by atoms with Gasteiger partial charge in [-0.25, -0.2) is 0 Å². The summed E-state index contributed by atoms with van der Waals surface area (Å²) in [6, 6.07) is 5.77. The highest BCUT2D eigenvalue weighted by Crippen LogP contribution is 2.18. The van der Waals surface area contributed by atoms with Gasteiger partial charge in [0.05, 0.1) is 11.6 Å². The molecule has 1 aromatic heterocycles. The van der Waals surface area contributed by atoms with E-state index in [1.165, 1.54) is 0 Å². The van der Waals surface area contributed by atoms with Crippen molar-refractivity contribution < 1.29 is 4.79 Å². The molecule has 2 aromatic rings. The predicted molar refractivity (Wildman–Crippen MR) is 93.7 cm³/mol. The predicted octanol–water partition coefficient (Wildman–Crippen LogP) is 2.05. The number of aromatic amines is 1. The summed E-state index contributed by atoms with van der Waals surface area (Å²) in [5.41, 5.74) is 3.68. The lowest BCUT2D eigenvalue weighted by atomic mass is 10.0. The molecule has 0 fully saturated rings. The van der Waals surface area contributed by atoms with Crippen molar-refractivity contribution in [3.8, 4) is 0 Å². The molecule has 1 atom stereocenters. The van der Waals surface area contributed by atoms with Crippen molar-refractivity contribution in [2.75, 3.05) is 21.1 Å². The summed E-state index contributed by atoms with van der Waals surface area (Å²) in [6.07, 6.45) is 0. The van der Waals surface area contributed by atoms with Gasteiger partial charge < -0.3 is 9.88 Å². The monoisotopic (exact) mass is 315 g/mol. The van der Waals surface area contributed by atoms with Crippen LogP contribution in [-0.4, -0.2) is 47.9 Å². The number of carbonyl (C=O) groups is 1. The third-order valence-electron chi connectivity index (χ3n) is 4.25. The molecule has 1 heterocycles. The summed E-state index contributed by atoms with van der Waals surface area (Å²) in [4.78, 5) is 30.8. The van der Waals surface area contributed by atoms with Crippen LogP contribution in [0.2, 0.25) is 0 Å². The second-order valence-corrected chi connectivity index (χ2v) is 6.49. The van der Waals surface area contributed by atoms with Crippen LogP contribution < -0.4 is 5.56 Å². The van der Waals surface area contributed by atoms with Gasteiger partial charge in [-0.05, 0) is 50.9 Å². The summed E-state index contributed by atoms with van der Waals surface area (Å²) in [5, 5.41) is 1.03. The number of benzene rings is 1. The van der Waals surface area contributed by atoms with Gasteiger partial charge in [0.15, 0.2) is 0 Å². The molecule has 1 N–H and O–H groups in total. The molecular weight excluding hydrogens is 290 g/mol. The number of likely N-dealkylation sites (N-methyl/N-ethyl adjacent to an activating group) is 2. The molecule has 0 spiro atoms. The Morgan fingerprint density at radius 3 is 2.43 bits per heavy atom. The average Bonchev–Trinajstić information content (AvgIpc) is 2.47. The molecule has 124 valence electrons. The Morgan fingerprint density at radius 2 is 1.83 bits per heavy atom. The first-order chi connectivity index (χ1) is 10.7.